The van der Waals surface area contributed by atoms with E-state index in [1.807, 2.05) is 35.8 Å². The van der Waals surface area contributed by atoms with Gasteiger partial charge < -0.3 is 10.3 Å². The molecule has 2 N–H and O–H groups in total. The van der Waals surface area contributed by atoms with Crippen molar-refractivity contribution in [2.24, 2.45) is 0 Å². The maximum Gasteiger partial charge on any atom is 0.201 e. The van der Waals surface area contributed by atoms with Crippen LogP contribution in [0.5, 0.6) is 0 Å². The molecule has 18 heavy (non-hydrogen) atoms. The van der Waals surface area contributed by atoms with Crippen molar-refractivity contribution in [2.45, 2.75) is 13.5 Å². The number of nitrogens with two attached hydrogens (primary N) is 1. The van der Waals surface area contributed by atoms with Gasteiger partial charge >= 0.3 is 0 Å². The van der Waals surface area contributed by atoms with E-state index < -0.39 is 0 Å². The van der Waals surface area contributed by atoms with Crippen LogP contribution in [0.25, 0.3) is 11.0 Å². The summed E-state index contributed by atoms with van der Waals surface area (Å²) in [6.45, 7) is 2.59. The van der Waals surface area contributed by atoms with Crippen LogP contribution in [0.2, 0.25) is 0 Å². The number of aromatic nitrogens is 4. The Kier molecular flexibility index (Phi) is 2.44. The third-order valence-corrected chi connectivity index (χ3v) is 2.85. The summed E-state index contributed by atoms with van der Waals surface area (Å²) in [6.07, 6.45) is 3.45. The number of nitrogens with zero attached hydrogens (tertiary/aromatic N) is 4. The second-order valence-corrected chi connectivity index (χ2v) is 4.19. The Morgan fingerprint density at radius 2 is 2.11 bits per heavy atom. The number of aryl methyl sites for hydroxylation is 1. The van der Waals surface area contributed by atoms with Gasteiger partial charge in [-0.2, -0.15) is 0 Å². The van der Waals surface area contributed by atoms with Crippen LogP contribution in [0.1, 0.15) is 11.4 Å². The molecule has 3 rings (SSSR count). The van der Waals surface area contributed by atoms with Gasteiger partial charge in [0.1, 0.15) is 5.52 Å². The minimum atomic E-state index is 0.487. The van der Waals surface area contributed by atoms with Gasteiger partial charge in [-0.3, -0.25) is 9.97 Å². The van der Waals surface area contributed by atoms with Gasteiger partial charge in [-0.05, 0) is 25.1 Å². The van der Waals surface area contributed by atoms with Gasteiger partial charge in [-0.25, -0.2) is 4.98 Å². The molecule has 3 heterocycles. The first-order valence-corrected chi connectivity index (χ1v) is 5.72. The fraction of sp³-hybridized carbons (Fsp3) is 0.154. The summed E-state index contributed by atoms with van der Waals surface area (Å²) >= 11 is 0. The van der Waals surface area contributed by atoms with E-state index in [0.29, 0.717) is 12.5 Å². The Morgan fingerprint density at radius 1 is 1.22 bits per heavy atom. The third kappa shape index (κ3) is 1.79. The van der Waals surface area contributed by atoms with Crippen molar-refractivity contribution in [3.05, 3.63) is 48.0 Å². The van der Waals surface area contributed by atoms with E-state index in [0.717, 1.165) is 22.4 Å². The fourth-order valence-electron chi connectivity index (χ4n) is 2.02. The Hall–Kier alpha value is -2.43. The zero-order valence-electron chi connectivity index (χ0n) is 10.0. The highest BCUT2D eigenvalue weighted by molar-refractivity contribution is 5.77. The van der Waals surface area contributed by atoms with E-state index in [9.17, 15) is 0 Å². The smallest absolute Gasteiger partial charge is 0.201 e. The van der Waals surface area contributed by atoms with Crippen LogP contribution < -0.4 is 5.73 Å². The normalized spacial score (nSPS) is 10.9. The summed E-state index contributed by atoms with van der Waals surface area (Å²) in [5, 5.41) is 0. The van der Waals surface area contributed by atoms with Crippen molar-refractivity contribution in [3.63, 3.8) is 0 Å². The molecule has 0 radical (unpaired) electrons. The standard InChI is InChI=1S/C13H13N5/c1-9-3-2-4-10(16-9)8-18-12-5-6-15-7-11(12)17-13(18)14/h2-7H,8H2,1H3,(H2,14,17). The molecule has 3 aromatic heterocycles. The SMILES string of the molecule is Cc1cccc(Cn2c(N)nc3cnccc32)n1. The van der Waals surface area contributed by atoms with Gasteiger partial charge in [0, 0.05) is 11.9 Å². The second-order valence-electron chi connectivity index (χ2n) is 4.19. The summed E-state index contributed by atoms with van der Waals surface area (Å²) in [6, 6.07) is 7.87. The summed E-state index contributed by atoms with van der Waals surface area (Å²) in [5.74, 6) is 0.487. The predicted octanol–water partition coefficient (Wildman–Crippen LogP) is 1.77. The highest BCUT2D eigenvalue weighted by atomic mass is 15.2. The largest absolute Gasteiger partial charge is 0.369 e. The monoisotopic (exact) mass is 239 g/mol. The third-order valence-electron chi connectivity index (χ3n) is 2.85. The van der Waals surface area contributed by atoms with E-state index in [2.05, 4.69) is 15.0 Å². The van der Waals surface area contributed by atoms with Crippen LogP contribution >= 0.6 is 0 Å². The van der Waals surface area contributed by atoms with Crippen molar-refractivity contribution in [1.82, 2.24) is 19.5 Å². The van der Waals surface area contributed by atoms with Gasteiger partial charge in [0.15, 0.2) is 0 Å². The minimum absolute atomic E-state index is 0.487. The average Bonchev–Trinajstić information content (AvgIpc) is 2.66. The zero-order valence-corrected chi connectivity index (χ0v) is 10.0. The van der Waals surface area contributed by atoms with E-state index in [1.54, 1.807) is 12.4 Å². The number of hydrogen-bond donors (Lipinski definition) is 1. The Morgan fingerprint density at radius 3 is 2.94 bits per heavy atom. The van der Waals surface area contributed by atoms with E-state index >= 15 is 0 Å². The molecule has 0 amide bonds. The molecule has 0 spiro atoms. The molecule has 0 aliphatic heterocycles. The number of fused-ring (bicyclic) bond motifs is 1. The van der Waals surface area contributed by atoms with Gasteiger partial charge in [-0.15, -0.1) is 0 Å². The number of anilines is 1. The van der Waals surface area contributed by atoms with Crippen LogP contribution in [-0.2, 0) is 6.54 Å². The van der Waals surface area contributed by atoms with Gasteiger partial charge in [0.05, 0.1) is 24.0 Å². The molecule has 0 atom stereocenters. The molecule has 3 aromatic rings. The lowest BCUT2D eigenvalue weighted by Gasteiger charge is -2.06. The lowest BCUT2D eigenvalue weighted by Crippen LogP contribution is -2.06. The van der Waals surface area contributed by atoms with Crippen molar-refractivity contribution in [1.29, 1.82) is 0 Å². The molecule has 0 aliphatic rings. The molecule has 0 saturated carbocycles. The number of nitrogen functional groups attached to an aromatic ring is 1. The van der Waals surface area contributed by atoms with Crippen LogP contribution in [0.3, 0.4) is 0 Å². The quantitative estimate of drug-likeness (QED) is 0.739. The van der Waals surface area contributed by atoms with Crippen LogP contribution in [-0.4, -0.2) is 19.5 Å². The molecule has 90 valence electrons. The van der Waals surface area contributed by atoms with Crippen LogP contribution in [0.15, 0.2) is 36.7 Å². The van der Waals surface area contributed by atoms with E-state index in [-0.39, 0.29) is 0 Å². The van der Waals surface area contributed by atoms with Crippen molar-refractivity contribution >= 4 is 17.0 Å². The van der Waals surface area contributed by atoms with Crippen LogP contribution in [0.4, 0.5) is 5.95 Å². The second kappa shape index (κ2) is 4.10. The molecule has 0 unspecified atom stereocenters. The lowest BCUT2D eigenvalue weighted by molar-refractivity contribution is 0.804. The average molecular weight is 239 g/mol. The van der Waals surface area contributed by atoms with E-state index in [1.165, 1.54) is 0 Å². The maximum absolute atomic E-state index is 5.94. The van der Waals surface area contributed by atoms with Gasteiger partial charge in [0.25, 0.3) is 0 Å². The minimum Gasteiger partial charge on any atom is -0.369 e. The Bertz CT molecular complexity index is 701. The van der Waals surface area contributed by atoms with Crippen molar-refractivity contribution < 1.29 is 0 Å². The molecule has 0 bridgehead atoms. The highest BCUT2D eigenvalue weighted by Gasteiger charge is 2.08. The molecule has 0 fully saturated rings. The Labute approximate surface area is 104 Å². The predicted molar refractivity (Wildman–Crippen MR) is 70.0 cm³/mol. The summed E-state index contributed by atoms with van der Waals surface area (Å²) in [4.78, 5) is 12.8. The lowest BCUT2D eigenvalue weighted by atomic mass is 10.3. The number of hydrogen-bond acceptors (Lipinski definition) is 4. The molecular weight excluding hydrogens is 226 g/mol. The summed E-state index contributed by atoms with van der Waals surface area (Å²) in [7, 11) is 0. The number of rotatable bonds is 2. The highest BCUT2D eigenvalue weighted by Crippen LogP contribution is 2.17. The maximum atomic E-state index is 5.94. The molecule has 0 aromatic carbocycles. The van der Waals surface area contributed by atoms with Gasteiger partial charge in [0.2, 0.25) is 5.95 Å². The summed E-state index contributed by atoms with van der Waals surface area (Å²) in [5.41, 5.74) is 9.69. The number of pyridine rings is 2. The first kappa shape index (κ1) is 10.7. The summed E-state index contributed by atoms with van der Waals surface area (Å²) < 4.78 is 1.94. The fourth-order valence-corrected chi connectivity index (χ4v) is 2.02. The van der Waals surface area contributed by atoms with Gasteiger partial charge in [-0.1, -0.05) is 6.07 Å². The topological polar surface area (TPSA) is 69.6 Å². The van der Waals surface area contributed by atoms with Crippen molar-refractivity contribution in [3.8, 4) is 0 Å². The first-order chi connectivity index (χ1) is 8.74. The molecule has 0 aliphatic carbocycles. The Balaban J connectivity index is 2.07. The van der Waals surface area contributed by atoms with Crippen molar-refractivity contribution in [2.75, 3.05) is 5.73 Å². The van der Waals surface area contributed by atoms with Crippen LogP contribution in [0, 0.1) is 6.92 Å². The molecular formula is C13H13N5. The molecule has 5 heteroatoms. The zero-order chi connectivity index (χ0) is 12.5. The molecule has 5 nitrogen and oxygen atoms in total. The molecule has 0 saturated heterocycles. The number of imidazole rings is 1. The van der Waals surface area contributed by atoms with E-state index in [4.69, 9.17) is 5.73 Å². The first-order valence-electron chi connectivity index (χ1n) is 5.72.